The second kappa shape index (κ2) is 8.47. The molecule has 134 valence electrons. The van der Waals surface area contributed by atoms with Gasteiger partial charge in [0.05, 0.1) is 31.7 Å². The molecular formula is C19H29NO4. The van der Waals surface area contributed by atoms with Crippen LogP contribution < -0.4 is 9.47 Å². The van der Waals surface area contributed by atoms with Gasteiger partial charge in [0.1, 0.15) is 5.56 Å². The van der Waals surface area contributed by atoms with Crippen LogP contribution in [0.2, 0.25) is 0 Å². The quantitative estimate of drug-likeness (QED) is 0.735. The number of pyridine rings is 1. The lowest BCUT2D eigenvalue weighted by Gasteiger charge is -2.41. The summed E-state index contributed by atoms with van der Waals surface area (Å²) in [5, 5.41) is 10.8. The maximum absolute atomic E-state index is 11.3. The zero-order valence-electron chi connectivity index (χ0n) is 15.0. The van der Waals surface area contributed by atoms with E-state index in [-0.39, 0.29) is 11.8 Å². The first-order chi connectivity index (χ1) is 11.5. The lowest BCUT2D eigenvalue weighted by Crippen LogP contribution is -2.42. The number of carbonyl (C=O) groups is 1. The van der Waals surface area contributed by atoms with Gasteiger partial charge < -0.3 is 14.6 Å². The van der Waals surface area contributed by atoms with Crippen molar-refractivity contribution in [3.8, 4) is 11.5 Å². The van der Waals surface area contributed by atoms with Gasteiger partial charge in [0, 0.05) is 0 Å². The van der Waals surface area contributed by atoms with E-state index in [1.807, 2.05) is 6.92 Å². The van der Waals surface area contributed by atoms with Crippen LogP contribution >= 0.6 is 0 Å². The Morgan fingerprint density at radius 1 is 1.33 bits per heavy atom. The van der Waals surface area contributed by atoms with Crippen molar-refractivity contribution in [2.24, 2.45) is 11.8 Å². The van der Waals surface area contributed by atoms with Crippen LogP contribution in [0.3, 0.4) is 0 Å². The van der Waals surface area contributed by atoms with Crippen LogP contribution in [0.4, 0.5) is 0 Å². The molecule has 3 atom stereocenters. The highest BCUT2D eigenvalue weighted by Gasteiger charge is 2.38. The van der Waals surface area contributed by atoms with Crippen LogP contribution in [-0.2, 0) is 0 Å². The monoisotopic (exact) mass is 335 g/mol. The van der Waals surface area contributed by atoms with Crippen molar-refractivity contribution in [3.05, 3.63) is 18.0 Å². The molecule has 1 heterocycles. The minimum atomic E-state index is -0.663. The number of hydrogen-bond acceptors (Lipinski definition) is 5. The maximum atomic E-state index is 11.3. The number of ether oxygens (including phenoxy) is 2. The Bertz CT molecular complexity index is 544. The average molecular weight is 335 g/mol. The first kappa shape index (κ1) is 18.7. The molecule has 2 rings (SSSR count). The van der Waals surface area contributed by atoms with E-state index in [1.165, 1.54) is 13.3 Å². The molecule has 1 aromatic heterocycles. The SMILES string of the molecule is CCCC(C)(O)C1CCCCC1COc1cncc(OC)c1C=O. The van der Waals surface area contributed by atoms with Gasteiger partial charge in [-0.25, -0.2) is 0 Å². The standard InChI is InChI=1S/C19H29NO4/c1-4-9-19(2,22)16-8-6-5-7-14(16)13-24-18-11-20-10-17(23-3)15(18)12-21/h10-12,14,16,22H,4-9,13H2,1-3H3. The molecule has 0 radical (unpaired) electrons. The third kappa shape index (κ3) is 4.26. The molecule has 1 fully saturated rings. The molecule has 1 N–H and O–H groups in total. The average Bonchev–Trinajstić information content (AvgIpc) is 2.59. The van der Waals surface area contributed by atoms with Gasteiger partial charge in [-0.2, -0.15) is 0 Å². The minimum absolute atomic E-state index is 0.226. The molecule has 0 spiro atoms. The fourth-order valence-electron chi connectivity index (χ4n) is 3.94. The highest BCUT2D eigenvalue weighted by molar-refractivity contribution is 5.83. The van der Waals surface area contributed by atoms with E-state index < -0.39 is 5.60 Å². The Balaban J connectivity index is 2.10. The zero-order chi connectivity index (χ0) is 17.6. The Morgan fingerprint density at radius 2 is 2.04 bits per heavy atom. The molecule has 0 bridgehead atoms. The number of aldehydes is 1. The van der Waals surface area contributed by atoms with E-state index in [0.29, 0.717) is 23.7 Å². The van der Waals surface area contributed by atoms with Crippen molar-refractivity contribution in [3.63, 3.8) is 0 Å². The third-order valence-electron chi connectivity index (χ3n) is 5.17. The summed E-state index contributed by atoms with van der Waals surface area (Å²) in [6, 6.07) is 0. The largest absolute Gasteiger partial charge is 0.494 e. The molecular weight excluding hydrogens is 306 g/mol. The van der Waals surface area contributed by atoms with Crippen molar-refractivity contribution in [1.82, 2.24) is 4.98 Å². The van der Waals surface area contributed by atoms with Crippen molar-refractivity contribution < 1.29 is 19.4 Å². The van der Waals surface area contributed by atoms with Gasteiger partial charge in [-0.3, -0.25) is 9.78 Å². The third-order valence-corrected chi connectivity index (χ3v) is 5.17. The highest BCUT2D eigenvalue weighted by atomic mass is 16.5. The summed E-state index contributed by atoms with van der Waals surface area (Å²) in [6.45, 7) is 4.53. The van der Waals surface area contributed by atoms with Gasteiger partial charge >= 0.3 is 0 Å². The van der Waals surface area contributed by atoms with E-state index in [2.05, 4.69) is 11.9 Å². The number of hydrogen-bond donors (Lipinski definition) is 1. The zero-order valence-corrected chi connectivity index (χ0v) is 15.0. The summed E-state index contributed by atoms with van der Waals surface area (Å²) in [5.41, 5.74) is -0.274. The number of carbonyl (C=O) groups excluding carboxylic acids is 1. The van der Waals surface area contributed by atoms with Crippen molar-refractivity contribution >= 4 is 6.29 Å². The second-order valence-electron chi connectivity index (χ2n) is 6.94. The predicted octanol–water partition coefficient (Wildman–Crippen LogP) is 3.64. The lowest BCUT2D eigenvalue weighted by molar-refractivity contribution is -0.0579. The van der Waals surface area contributed by atoms with Gasteiger partial charge in [-0.1, -0.05) is 26.2 Å². The Hall–Kier alpha value is -1.62. The summed E-state index contributed by atoms with van der Waals surface area (Å²) >= 11 is 0. The van der Waals surface area contributed by atoms with Gasteiger partial charge in [0.2, 0.25) is 0 Å². The molecule has 1 saturated carbocycles. The van der Waals surface area contributed by atoms with Crippen LogP contribution in [0.25, 0.3) is 0 Å². The van der Waals surface area contributed by atoms with Crippen LogP contribution in [-0.4, -0.2) is 35.7 Å². The summed E-state index contributed by atoms with van der Waals surface area (Å²) in [4.78, 5) is 15.4. The number of rotatable bonds is 8. The topological polar surface area (TPSA) is 68.7 Å². The molecule has 5 heteroatoms. The minimum Gasteiger partial charge on any atom is -0.494 e. The molecule has 0 saturated heterocycles. The number of nitrogens with zero attached hydrogens (tertiary/aromatic N) is 1. The molecule has 3 unspecified atom stereocenters. The Kier molecular flexibility index (Phi) is 6.60. The molecule has 0 aromatic carbocycles. The predicted molar refractivity (Wildman–Crippen MR) is 92.7 cm³/mol. The number of methoxy groups -OCH3 is 1. The maximum Gasteiger partial charge on any atom is 0.157 e. The van der Waals surface area contributed by atoms with Gasteiger partial charge in [0.15, 0.2) is 17.8 Å². The normalized spacial score (nSPS) is 23.3. The number of aromatic nitrogens is 1. The van der Waals surface area contributed by atoms with E-state index in [4.69, 9.17) is 9.47 Å². The molecule has 1 aromatic rings. The first-order valence-electron chi connectivity index (χ1n) is 8.85. The molecule has 0 aliphatic heterocycles. The van der Waals surface area contributed by atoms with Crippen molar-refractivity contribution in [2.75, 3.05) is 13.7 Å². The van der Waals surface area contributed by atoms with E-state index in [1.54, 1.807) is 6.20 Å². The fraction of sp³-hybridized carbons (Fsp3) is 0.684. The molecule has 5 nitrogen and oxygen atoms in total. The van der Waals surface area contributed by atoms with Crippen molar-refractivity contribution in [2.45, 2.75) is 58.0 Å². The molecule has 1 aliphatic rings. The first-order valence-corrected chi connectivity index (χ1v) is 8.85. The Morgan fingerprint density at radius 3 is 2.71 bits per heavy atom. The van der Waals surface area contributed by atoms with Gasteiger partial charge in [0.25, 0.3) is 0 Å². The van der Waals surface area contributed by atoms with Crippen LogP contribution in [0, 0.1) is 11.8 Å². The number of aliphatic hydroxyl groups is 1. The lowest BCUT2D eigenvalue weighted by atomic mass is 9.69. The van der Waals surface area contributed by atoms with Crippen LogP contribution in [0.5, 0.6) is 11.5 Å². The van der Waals surface area contributed by atoms with Crippen molar-refractivity contribution in [1.29, 1.82) is 0 Å². The molecule has 24 heavy (non-hydrogen) atoms. The van der Waals surface area contributed by atoms with Crippen LogP contribution in [0.15, 0.2) is 12.4 Å². The second-order valence-corrected chi connectivity index (χ2v) is 6.94. The fourth-order valence-corrected chi connectivity index (χ4v) is 3.94. The summed E-state index contributed by atoms with van der Waals surface area (Å²) in [5.74, 6) is 1.37. The highest BCUT2D eigenvalue weighted by Crippen LogP contribution is 2.40. The van der Waals surface area contributed by atoms with Gasteiger partial charge in [-0.15, -0.1) is 0 Å². The van der Waals surface area contributed by atoms with Crippen LogP contribution in [0.1, 0.15) is 62.7 Å². The summed E-state index contributed by atoms with van der Waals surface area (Å²) in [6.07, 6.45) is 9.93. The molecule has 0 amide bonds. The van der Waals surface area contributed by atoms with E-state index in [9.17, 15) is 9.90 Å². The summed E-state index contributed by atoms with van der Waals surface area (Å²) < 4.78 is 11.1. The Labute approximate surface area is 144 Å². The molecule has 1 aliphatic carbocycles. The summed E-state index contributed by atoms with van der Waals surface area (Å²) in [7, 11) is 1.51. The smallest absolute Gasteiger partial charge is 0.157 e. The van der Waals surface area contributed by atoms with E-state index >= 15 is 0 Å². The van der Waals surface area contributed by atoms with E-state index in [0.717, 1.165) is 44.8 Å². The van der Waals surface area contributed by atoms with Gasteiger partial charge in [-0.05, 0) is 38.0 Å².